The molecule has 1 radical (unpaired) electrons. The Morgan fingerprint density at radius 3 is 1.64 bits per heavy atom. The van der Waals surface area contributed by atoms with E-state index in [1.807, 2.05) is 0 Å². The predicted molar refractivity (Wildman–Crippen MR) is 98.6 cm³/mol. The molecule has 0 fully saturated rings. The van der Waals surface area contributed by atoms with Crippen LogP contribution >= 0.6 is 0 Å². The average molecular weight is 463 g/mol. The van der Waals surface area contributed by atoms with Gasteiger partial charge in [-0.1, -0.05) is 70.4 Å². The fourth-order valence-corrected chi connectivity index (χ4v) is 2.37. The van der Waals surface area contributed by atoms with Gasteiger partial charge in [-0.3, -0.25) is 4.79 Å². The summed E-state index contributed by atoms with van der Waals surface area (Å²) in [7, 11) is 0. The SMILES string of the molecule is CCCCCCCC/C=C\CCCCCCCC(N)=O.[Cu].[InH3]. The van der Waals surface area contributed by atoms with Crippen molar-refractivity contribution in [2.24, 2.45) is 5.73 Å². The van der Waals surface area contributed by atoms with E-state index in [1.165, 1.54) is 70.6 Å². The number of nitrogens with two attached hydrogens (primary N) is 1. The van der Waals surface area contributed by atoms with Crippen LogP contribution in [0.15, 0.2) is 12.2 Å². The van der Waals surface area contributed by atoms with Gasteiger partial charge < -0.3 is 5.73 Å². The zero-order chi connectivity index (χ0) is 14.9. The molecule has 0 unspecified atom stereocenters. The first-order valence-corrected chi connectivity index (χ1v) is 8.70. The van der Waals surface area contributed by atoms with Crippen molar-refractivity contribution in [3.8, 4) is 0 Å². The molecule has 0 atom stereocenters. The van der Waals surface area contributed by atoms with Gasteiger partial charge in [0, 0.05) is 23.5 Å². The summed E-state index contributed by atoms with van der Waals surface area (Å²) in [6.07, 6.45) is 21.9. The van der Waals surface area contributed by atoms with E-state index in [1.54, 1.807) is 0 Å². The first kappa shape index (κ1) is 27.4. The Kier molecular flexibility index (Phi) is 29.8. The zero-order valence-corrected chi connectivity index (χ0v) is 14.8. The van der Waals surface area contributed by atoms with Gasteiger partial charge in [0.15, 0.2) is 0 Å². The first-order chi connectivity index (χ1) is 9.77. The van der Waals surface area contributed by atoms with Crippen LogP contribution in [0, 0.1) is 0 Å². The quantitative estimate of drug-likeness (QED) is 0.220. The molecule has 2 N–H and O–H groups in total. The van der Waals surface area contributed by atoms with Gasteiger partial charge in [0.2, 0.25) is 5.91 Å². The van der Waals surface area contributed by atoms with Crippen molar-refractivity contribution in [2.45, 2.75) is 96.8 Å². The monoisotopic (exact) mass is 462 g/mol. The summed E-state index contributed by atoms with van der Waals surface area (Å²) >= 11 is 0. The van der Waals surface area contributed by atoms with Crippen molar-refractivity contribution in [3.63, 3.8) is 0 Å². The Morgan fingerprint density at radius 1 is 0.773 bits per heavy atom. The van der Waals surface area contributed by atoms with Crippen LogP contribution in [0.2, 0.25) is 0 Å². The van der Waals surface area contributed by atoms with Crippen LogP contribution in [-0.4, -0.2) is 31.8 Å². The summed E-state index contributed by atoms with van der Waals surface area (Å²) < 4.78 is 0. The predicted octanol–water partition coefficient (Wildman–Crippen LogP) is 4.32. The Hall–Kier alpha value is 0.600. The molecular formula is C18H38CuInNO. The van der Waals surface area contributed by atoms with Gasteiger partial charge in [-0.25, -0.2) is 0 Å². The number of primary amides is 1. The minimum atomic E-state index is -0.164. The maximum atomic E-state index is 10.5. The van der Waals surface area contributed by atoms with E-state index in [9.17, 15) is 4.79 Å². The fraction of sp³-hybridized carbons (Fsp3) is 0.833. The Morgan fingerprint density at radius 2 is 1.18 bits per heavy atom. The van der Waals surface area contributed by atoms with Crippen LogP contribution in [0.3, 0.4) is 0 Å². The van der Waals surface area contributed by atoms with E-state index in [0.29, 0.717) is 6.42 Å². The van der Waals surface area contributed by atoms with Crippen molar-refractivity contribution >= 4 is 31.8 Å². The first-order valence-electron chi connectivity index (χ1n) is 8.70. The second-order valence-corrected chi connectivity index (χ2v) is 5.80. The van der Waals surface area contributed by atoms with Gasteiger partial charge in [-0.05, 0) is 32.1 Å². The zero-order valence-electron chi connectivity index (χ0n) is 13.8. The van der Waals surface area contributed by atoms with E-state index in [0.717, 1.165) is 12.8 Å². The van der Waals surface area contributed by atoms with E-state index in [2.05, 4.69) is 19.1 Å². The number of carbonyl (C=O) groups is 1. The molecular weight excluding hydrogens is 425 g/mol. The number of rotatable bonds is 15. The van der Waals surface area contributed by atoms with Gasteiger partial charge >= 0.3 is 25.8 Å². The van der Waals surface area contributed by atoms with E-state index < -0.39 is 0 Å². The third kappa shape index (κ3) is 25.5. The molecule has 0 aromatic heterocycles. The maximum absolute atomic E-state index is 10.5. The van der Waals surface area contributed by atoms with E-state index in [4.69, 9.17) is 5.73 Å². The molecule has 0 saturated carbocycles. The van der Waals surface area contributed by atoms with Gasteiger partial charge in [-0.15, -0.1) is 0 Å². The average Bonchev–Trinajstić information content (AvgIpc) is 2.43. The second-order valence-electron chi connectivity index (χ2n) is 5.80. The summed E-state index contributed by atoms with van der Waals surface area (Å²) in [5, 5.41) is 0. The molecule has 2 nitrogen and oxygen atoms in total. The minimum absolute atomic E-state index is 0. The molecule has 4 heteroatoms. The van der Waals surface area contributed by atoms with Crippen LogP contribution < -0.4 is 5.73 Å². The number of unbranched alkanes of at least 4 members (excludes halogenated alkanes) is 11. The van der Waals surface area contributed by atoms with E-state index >= 15 is 0 Å². The molecule has 0 aliphatic carbocycles. The summed E-state index contributed by atoms with van der Waals surface area (Å²) in [5.74, 6) is -0.164. The van der Waals surface area contributed by atoms with Crippen molar-refractivity contribution in [1.29, 1.82) is 0 Å². The second kappa shape index (κ2) is 23.9. The van der Waals surface area contributed by atoms with Crippen molar-refractivity contribution < 1.29 is 21.9 Å². The third-order valence-corrected chi connectivity index (χ3v) is 3.68. The van der Waals surface area contributed by atoms with E-state index in [-0.39, 0.29) is 48.8 Å². The number of amides is 1. The molecule has 135 valence electrons. The van der Waals surface area contributed by atoms with Crippen LogP contribution in [0.5, 0.6) is 0 Å². The van der Waals surface area contributed by atoms with Crippen LogP contribution in [0.25, 0.3) is 0 Å². The molecule has 0 bridgehead atoms. The van der Waals surface area contributed by atoms with Crippen LogP contribution in [0.4, 0.5) is 0 Å². The van der Waals surface area contributed by atoms with Crippen LogP contribution in [-0.2, 0) is 21.9 Å². The summed E-state index contributed by atoms with van der Waals surface area (Å²) in [6, 6.07) is 0. The molecule has 22 heavy (non-hydrogen) atoms. The number of hydrogen-bond donors (Lipinski definition) is 1. The number of allylic oxidation sites excluding steroid dienone is 2. The number of carbonyl (C=O) groups excluding carboxylic acids is 1. The topological polar surface area (TPSA) is 43.1 Å². The third-order valence-electron chi connectivity index (χ3n) is 3.68. The summed E-state index contributed by atoms with van der Waals surface area (Å²) in [4.78, 5) is 10.5. The van der Waals surface area contributed by atoms with Gasteiger partial charge in [0.05, 0.1) is 0 Å². The molecule has 0 heterocycles. The summed E-state index contributed by atoms with van der Waals surface area (Å²) in [6.45, 7) is 2.26. The Labute approximate surface area is 167 Å². The number of hydrogen-bond acceptors (Lipinski definition) is 1. The Bertz CT molecular complexity index is 247. The van der Waals surface area contributed by atoms with Crippen molar-refractivity contribution in [1.82, 2.24) is 0 Å². The fourth-order valence-electron chi connectivity index (χ4n) is 2.37. The molecule has 1 amide bonds. The van der Waals surface area contributed by atoms with Crippen molar-refractivity contribution in [2.75, 3.05) is 0 Å². The molecule has 0 spiro atoms. The molecule has 0 rings (SSSR count). The van der Waals surface area contributed by atoms with Gasteiger partial charge in [0.1, 0.15) is 0 Å². The Balaban J connectivity index is -0.00000180. The summed E-state index contributed by atoms with van der Waals surface area (Å²) in [5.41, 5.74) is 5.10. The standard InChI is InChI=1S/C18H35NO.Cu.In.3H/c1-2-3-4-5-6-7-8-9-10-11-12-13-14-15-16-17-18(19)20;;;;;/h9-10H,2-8,11-17H2,1H3,(H2,19,20);;;;;/b10-9-;;;;;. The van der Waals surface area contributed by atoms with Crippen molar-refractivity contribution in [3.05, 3.63) is 12.2 Å². The van der Waals surface area contributed by atoms with Gasteiger partial charge in [0.25, 0.3) is 0 Å². The molecule has 0 saturated heterocycles. The molecule has 0 aromatic rings. The molecule has 0 aliphatic rings. The van der Waals surface area contributed by atoms with Gasteiger partial charge in [-0.2, -0.15) is 0 Å². The normalized spacial score (nSPS) is 10.2. The molecule has 0 aliphatic heterocycles. The molecule has 0 aromatic carbocycles. The van der Waals surface area contributed by atoms with Crippen LogP contribution in [0.1, 0.15) is 96.8 Å².